The Morgan fingerprint density at radius 1 is 1.43 bits per heavy atom. The van der Waals surface area contributed by atoms with E-state index in [4.69, 9.17) is 4.74 Å². The zero-order chi connectivity index (χ0) is 15.6. The topological polar surface area (TPSA) is 51.7 Å². The monoisotopic (exact) mass is 304 g/mol. The fourth-order valence-corrected chi connectivity index (χ4v) is 2.14. The number of morpholine rings is 1. The van der Waals surface area contributed by atoms with Gasteiger partial charge in [-0.3, -0.25) is 0 Å². The fraction of sp³-hybridized carbons (Fsp3) is 0.538. The van der Waals surface area contributed by atoms with E-state index in [2.05, 4.69) is 9.72 Å². The maximum Gasteiger partial charge on any atom is 0.417 e. The summed E-state index contributed by atoms with van der Waals surface area (Å²) in [6.07, 6.45) is -4.67. The van der Waals surface area contributed by atoms with Crippen molar-refractivity contribution in [2.24, 2.45) is 0 Å². The predicted molar refractivity (Wildman–Crippen MR) is 67.8 cm³/mol. The predicted octanol–water partition coefficient (Wildman–Crippen LogP) is 1.87. The fourth-order valence-electron chi connectivity index (χ4n) is 2.14. The van der Waals surface area contributed by atoms with Crippen LogP contribution in [0.4, 0.5) is 19.0 Å². The quantitative estimate of drug-likeness (QED) is 0.781. The van der Waals surface area contributed by atoms with Crippen molar-refractivity contribution in [2.45, 2.75) is 25.3 Å². The zero-order valence-corrected chi connectivity index (χ0v) is 11.6. The third-order valence-electron chi connectivity index (χ3n) is 3.12. The van der Waals surface area contributed by atoms with E-state index in [9.17, 15) is 18.0 Å². The molecule has 0 bridgehead atoms. The number of aromatic nitrogens is 1. The van der Waals surface area contributed by atoms with Crippen LogP contribution in [0.3, 0.4) is 0 Å². The molecule has 0 amide bonds. The third-order valence-corrected chi connectivity index (χ3v) is 3.12. The molecule has 2 atom stereocenters. The molecule has 1 saturated heterocycles. The average molecular weight is 304 g/mol. The number of hydrogen-bond acceptors (Lipinski definition) is 5. The molecule has 0 spiro atoms. The number of nitrogens with zero attached hydrogens (tertiary/aromatic N) is 2. The molecule has 1 unspecified atom stereocenters. The molecular formula is C13H15F3N2O3. The molecule has 0 radical (unpaired) electrons. The average Bonchev–Trinajstić information content (AvgIpc) is 2.45. The van der Waals surface area contributed by atoms with Crippen LogP contribution >= 0.6 is 0 Å². The number of ether oxygens (including phenoxy) is 2. The van der Waals surface area contributed by atoms with Gasteiger partial charge in [0.2, 0.25) is 0 Å². The summed E-state index contributed by atoms with van der Waals surface area (Å²) in [6.45, 7) is 2.40. The second-order valence-corrected chi connectivity index (χ2v) is 4.77. The van der Waals surface area contributed by atoms with Gasteiger partial charge < -0.3 is 14.4 Å². The summed E-state index contributed by atoms with van der Waals surface area (Å²) >= 11 is 0. The molecule has 5 nitrogen and oxygen atoms in total. The summed E-state index contributed by atoms with van der Waals surface area (Å²) in [6, 6.07) is 2.25. The molecule has 0 aromatic carbocycles. The smallest absolute Gasteiger partial charge is 0.417 e. The molecule has 116 valence electrons. The van der Waals surface area contributed by atoms with Crippen LogP contribution in [-0.2, 0) is 20.4 Å². The van der Waals surface area contributed by atoms with Gasteiger partial charge in [0.05, 0.1) is 25.3 Å². The van der Waals surface area contributed by atoms with Crippen molar-refractivity contribution in [3.8, 4) is 0 Å². The van der Waals surface area contributed by atoms with Gasteiger partial charge in [-0.15, -0.1) is 0 Å². The SMILES string of the molecule is COC(=O)C1CN(c2ccc(C(F)(F)F)cn2)C[C@@H](C)O1. The molecule has 0 N–H and O–H groups in total. The van der Waals surface area contributed by atoms with E-state index >= 15 is 0 Å². The van der Waals surface area contributed by atoms with Crippen LogP contribution in [0.2, 0.25) is 0 Å². The molecule has 21 heavy (non-hydrogen) atoms. The van der Waals surface area contributed by atoms with Gasteiger partial charge in [-0.25, -0.2) is 9.78 Å². The van der Waals surface area contributed by atoms with Crippen molar-refractivity contribution in [1.82, 2.24) is 4.98 Å². The number of alkyl halides is 3. The van der Waals surface area contributed by atoms with Crippen LogP contribution in [0, 0.1) is 0 Å². The second-order valence-electron chi connectivity index (χ2n) is 4.77. The van der Waals surface area contributed by atoms with Gasteiger partial charge in [-0.05, 0) is 19.1 Å². The zero-order valence-electron chi connectivity index (χ0n) is 11.6. The molecule has 0 saturated carbocycles. The minimum atomic E-state index is -4.42. The van der Waals surface area contributed by atoms with Gasteiger partial charge in [0, 0.05) is 12.7 Å². The molecule has 8 heteroatoms. The first kappa shape index (κ1) is 15.6. The number of rotatable bonds is 2. The Labute approximate surface area is 119 Å². The van der Waals surface area contributed by atoms with Crippen LogP contribution in [0.25, 0.3) is 0 Å². The highest BCUT2D eigenvalue weighted by atomic mass is 19.4. The van der Waals surface area contributed by atoms with Gasteiger partial charge in [0.25, 0.3) is 0 Å². The molecule has 1 aliphatic heterocycles. The second kappa shape index (κ2) is 5.88. The Balaban J connectivity index is 2.15. The standard InChI is InChI=1S/C13H15F3N2O3/c1-8-6-18(7-10(21-8)12(19)20-2)11-4-3-9(5-17-11)13(14,15)16/h3-5,8,10H,6-7H2,1-2H3/t8-,10?/m1/s1. The van der Waals surface area contributed by atoms with Crippen LogP contribution < -0.4 is 4.90 Å². The van der Waals surface area contributed by atoms with Gasteiger partial charge >= 0.3 is 12.1 Å². The van der Waals surface area contributed by atoms with Gasteiger partial charge in [0.15, 0.2) is 6.10 Å². The number of pyridine rings is 1. The van der Waals surface area contributed by atoms with E-state index in [1.54, 1.807) is 11.8 Å². The summed E-state index contributed by atoms with van der Waals surface area (Å²) in [4.78, 5) is 17.1. The van der Waals surface area contributed by atoms with Gasteiger partial charge in [-0.2, -0.15) is 13.2 Å². The van der Waals surface area contributed by atoms with Crippen LogP contribution in [0.15, 0.2) is 18.3 Å². The van der Waals surface area contributed by atoms with Gasteiger partial charge in [0.1, 0.15) is 5.82 Å². The molecule has 1 aromatic heterocycles. The number of carbonyl (C=O) groups excluding carboxylic acids is 1. The van der Waals surface area contributed by atoms with Crippen molar-refractivity contribution in [3.05, 3.63) is 23.9 Å². The van der Waals surface area contributed by atoms with Crippen LogP contribution in [0.5, 0.6) is 0 Å². The van der Waals surface area contributed by atoms with Crippen LogP contribution in [0.1, 0.15) is 12.5 Å². The van der Waals surface area contributed by atoms with E-state index in [0.717, 1.165) is 12.3 Å². The maximum absolute atomic E-state index is 12.5. The highest BCUT2D eigenvalue weighted by Crippen LogP contribution is 2.29. The van der Waals surface area contributed by atoms with E-state index in [0.29, 0.717) is 12.4 Å². The lowest BCUT2D eigenvalue weighted by Gasteiger charge is -2.36. The van der Waals surface area contributed by atoms with Crippen molar-refractivity contribution >= 4 is 11.8 Å². The summed E-state index contributed by atoms with van der Waals surface area (Å²) < 4.78 is 47.6. The maximum atomic E-state index is 12.5. The number of hydrogen-bond donors (Lipinski definition) is 0. The highest BCUT2D eigenvalue weighted by Gasteiger charge is 2.33. The van der Waals surface area contributed by atoms with E-state index in [1.807, 2.05) is 0 Å². The normalized spacial score (nSPS) is 23.0. The molecule has 2 heterocycles. The van der Waals surface area contributed by atoms with E-state index < -0.39 is 23.8 Å². The Bertz CT molecular complexity index is 504. The Hall–Kier alpha value is -1.83. The van der Waals surface area contributed by atoms with E-state index in [1.165, 1.54) is 13.2 Å². The molecule has 1 fully saturated rings. The molecule has 1 aliphatic rings. The number of anilines is 1. The van der Waals surface area contributed by atoms with E-state index in [-0.39, 0.29) is 12.6 Å². The first-order valence-electron chi connectivity index (χ1n) is 6.32. The Morgan fingerprint density at radius 2 is 2.14 bits per heavy atom. The summed E-state index contributed by atoms with van der Waals surface area (Å²) in [5, 5.41) is 0. The summed E-state index contributed by atoms with van der Waals surface area (Å²) in [5.41, 5.74) is -0.808. The van der Waals surface area contributed by atoms with Crippen LogP contribution in [-0.4, -0.2) is 43.4 Å². The largest absolute Gasteiger partial charge is 0.467 e. The van der Waals surface area contributed by atoms with Crippen molar-refractivity contribution in [1.29, 1.82) is 0 Å². The number of carbonyl (C=O) groups is 1. The lowest BCUT2D eigenvalue weighted by molar-refractivity contribution is -0.158. The summed E-state index contributed by atoms with van der Waals surface area (Å²) in [5.74, 6) is -0.148. The minimum absolute atomic E-state index is 0.190. The lowest BCUT2D eigenvalue weighted by Crippen LogP contribution is -2.50. The molecular weight excluding hydrogens is 289 g/mol. The minimum Gasteiger partial charge on any atom is -0.467 e. The molecule has 2 rings (SSSR count). The first-order valence-corrected chi connectivity index (χ1v) is 6.32. The number of esters is 1. The Morgan fingerprint density at radius 3 is 2.67 bits per heavy atom. The lowest BCUT2D eigenvalue weighted by atomic mass is 10.2. The molecule has 0 aliphatic carbocycles. The summed E-state index contributed by atoms with van der Waals surface area (Å²) in [7, 11) is 1.26. The Kier molecular flexibility index (Phi) is 4.36. The first-order chi connectivity index (χ1) is 9.81. The molecule has 1 aromatic rings. The number of methoxy groups -OCH3 is 1. The number of halogens is 3. The highest BCUT2D eigenvalue weighted by molar-refractivity contribution is 5.75. The third kappa shape index (κ3) is 3.63. The van der Waals surface area contributed by atoms with Gasteiger partial charge in [-0.1, -0.05) is 0 Å². The van der Waals surface area contributed by atoms with Crippen molar-refractivity contribution in [2.75, 3.05) is 25.1 Å². The van der Waals surface area contributed by atoms with Crippen molar-refractivity contribution < 1.29 is 27.4 Å². The van der Waals surface area contributed by atoms with Crippen molar-refractivity contribution in [3.63, 3.8) is 0 Å².